The van der Waals surface area contributed by atoms with Crippen molar-refractivity contribution >= 4 is 33.5 Å². The number of sulfonamides is 1. The first kappa shape index (κ1) is 33.5. The number of alkyl carbamates (subject to hydrolysis) is 1. The van der Waals surface area contributed by atoms with E-state index in [2.05, 4.69) is 10.0 Å². The predicted octanol–water partition coefficient (Wildman–Crippen LogP) is 3.88. The lowest BCUT2D eigenvalue weighted by Crippen LogP contribution is -2.55. The number of ether oxygens (including phenoxy) is 2. The molecule has 13 heteroatoms. The molecule has 1 amide bonds. The van der Waals surface area contributed by atoms with Gasteiger partial charge in [-0.2, -0.15) is 5.26 Å². The summed E-state index contributed by atoms with van der Waals surface area (Å²) in [5, 5.41) is 22.6. The lowest BCUT2D eigenvalue weighted by Gasteiger charge is -2.25. The number of hydrogen-bond acceptors (Lipinski definition) is 9. The Labute approximate surface area is 255 Å². The maximum Gasteiger partial charge on any atom is 0.408 e. The third-order valence-corrected chi connectivity index (χ3v) is 7.98. The Balaban J connectivity index is 1.58. The third kappa shape index (κ3) is 9.77. The molecule has 3 atom stereocenters. The van der Waals surface area contributed by atoms with Gasteiger partial charge < -0.3 is 25.6 Å². The molecule has 0 heterocycles. The molecular formula is C30H33ClN4O7S. The van der Waals surface area contributed by atoms with E-state index in [-0.39, 0.29) is 45.9 Å². The molecule has 0 aliphatic heterocycles. The van der Waals surface area contributed by atoms with Crippen LogP contribution in [0.5, 0.6) is 11.5 Å². The molecule has 3 aromatic rings. The van der Waals surface area contributed by atoms with Crippen LogP contribution in [-0.2, 0) is 26.2 Å². The van der Waals surface area contributed by atoms with Crippen LogP contribution in [0.1, 0.15) is 31.4 Å². The first-order valence-electron chi connectivity index (χ1n) is 13.3. The fourth-order valence-corrected chi connectivity index (χ4v) is 5.22. The number of rotatable bonds is 14. The number of benzene rings is 3. The van der Waals surface area contributed by atoms with Crippen LogP contribution >= 0.6 is 11.6 Å². The number of aliphatic hydroxyl groups is 1. The van der Waals surface area contributed by atoms with Gasteiger partial charge >= 0.3 is 6.09 Å². The van der Waals surface area contributed by atoms with E-state index in [1.165, 1.54) is 24.3 Å². The lowest BCUT2D eigenvalue weighted by atomic mass is 9.94. The van der Waals surface area contributed by atoms with Crippen molar-refractivity contribution in [2.24, 2.45) is 11.7 Å². The third-order valence-electron chi connectivity index (χ3n) is 6.23. The molecular weight excluding hydrogens is 596 g/mol. The van der Waals surface area contributed by atoms with Gasteiger partial charge in [0, 0.05) is 6.54 Å². The largest absolute Gasteiger partial charge is 0.456 e. The minimum absolute atomic E-state index is 0.000333. The van der Waals surface area contributed by atoms with Crippen LogP contribution in [0.15, 0.2) is 77.7 Å². The second kappa shape index (κ2) is 15.5. The molecule has 5 N–H and O–H groups in total. The summed E-state index contributed by atoms with van der Waals surface area (Å²) in [5.41, 5.74) is 6.90. The summed E-state index contributed by atoms with van der Waals surface area (Å²) in [4.78, 5) is 25.3. The van der Waals surface area contributed by atoms with Crippen molar-refractivity contribution in [2.75, 3.05) is 6.54 Å². The summed E-state index contributed by atoms with van der Waals surface area (Å²) in [6.07, 6.45) is -2.18. The number of halogens is 1. The lowest BCUT2D eigenvalue weighted by molar-refractivity contribution is -0.124. The highest BCUT2D eigenvalue weighted by Crippen LogP contribution is 2.30. The van der Waals surface area contributed by atoms with Crippen LogP contribution < -0.4 is 20.5 Å². The van der Waals surface area contributed by atoms with E-state index in [1.807, 2.05) is 26.0 Å². The molecule has 0 aliphatic carbocycles. The monoisotopic (exact) mass is 628 g/mol. The van der Waals surface area contributed by atoms with Crippen LogP contribution in [0, 0.1) is 17.2 Å². The molecule has 0 saturated heterocycles. The van der Waals surface area contributed by atoms with E-state index in [0.717, 1.165) is 5.56 Å². The zero-order chi connectivity index (χ0) is 31.6. The van der Waals surface area contributed by atoms with Crippen LogP contribution in [0.3, 0.4) is 0 Å². The van der Waals surface area contributed by atoms with Crippen molar-refractivity contribution < 1.29 is 32.6 Å². The highest BCUT2D eigenvalue weighted by atomic mass is 35.5. The molecule has 3 rings (SSSR count). The summed E-state index contributed by atoms with van der Waals surface area (Å²) in [6.45, 7) is 3.14. The Hall–Kier alpha value is -3.99. The molecule has 2 unspecified atom stereocenters. The van der Waals surface area contributed by atoms with Gasteiger partial charge in [-0.15, -0.1) is 0 Å². The molecule has 0 radical (unpaired) electrons. The quantitative estimate of drug-likeness (QED) is 0.206. The molecule has 0 bridgehead atoms. The normalized spacial score (nSPS) is 13.4. The van der Waals surface area contributed by atoms with Crippen molar-refractivity contribution in [2.45, 2.75) is 50.0 Å². The average molecular weight is 629 g/mol. The Morgan fingerprint density at radius 2 is 1.72 bits per heavy atom. The van der Waals surface area contributed by atoms with Crippen molar-refractivity contribution in [3.05, 3.63) is 88.9 Å². The summed E-state index contributed by atoms with van der Waals surface area (Å²) >= 11 is 6.01. The molecule has 228 valence electrons. The SMILES string of the molecule is CC(C)C[C@H](NC(=O)OCc1ccccc1)C(=O)C(N)C(O)CNS(=O)(=O)c1ccc(Oc2cccc(Cl)c2C#N)cc1. The van der Waals surface area contributed by atoms with Gasteiger partial charge in [0.2, 0.25) is 10.0 Å². The minimum atomic E-state index is -4.11. The Bertz CT molecular complexity index is 1540. The van der Waals surface area contributed by atoms with Gasteiger partial charge in [-0.05, 0) is 54.3 Å². The van der Waals surface area contributed by atoms with Gasteiger partial charge in [-0.25, -0.2) is 17.9 Å². The van der Waals surface area contributed by atoms with E-state index < -0.39 is 46.6 Å². The summed E-state index contributed by atoms with van der Waals surface area (Å²) in [6, 6.07) is 18.4. The van der Waals surface area contributed by atoms with Crippen molar-refractivity contribution in [3.63, 3.8) is 0 Å². The fourth-order valence-electron chi connectivity index (χ4n) is 3.96. The number of nitriles is 1. The number of nitrogens with zero attached hydrogens (tertiary/aromatic N) is 1. The average Bonchev–Trinajstić information content (AvgIpc) is 2.98. The van der Waals surface area contributed by atoms with Gasteiger partial charge in [0.25, 0.3) is 0 Å². The summed E-state index contributed by atoms with van der Waals surface area (Å²) in [5.74, 6) is -0.212. The standard InChI is InChI=1S/C30H33ClN4O7S/c1-19(2)15-25(35-30(38)41-18-20-7-4-3-5-8-20)29(37)28(33)26(36)17-34-43(39,40)22-13-11-21(12-14-22)42-27-10-6-9-24(31)23(27)16-32/h3-14,19,25-26,28,34,36H,15,17-18,33H2,1-2H3,(H,35,38)/t25-,26?,28?/m0/s1. The van der Waals surface area contributed by atoms with E-state index in [4.69, 9.17) is 26.8 Å². The van der Waals surface area contributed by atoms with Crippen molar-refractivity contribution in [3.8, 4) is 17.6 Å². The zero-order valence-electron chi connectivity index (χ0n) is 23.6. The Morgan fingerprint density at radius 1 is 1.05 bits per heavy atom. The molecule has 0 aromatic heterocycles. The molecule has 11 nitrogen and oxygen atoms in total. The zero-order valence-corrected chi connectivity index (χ0v) is 25.1. The number of carbonyl (C=O) groups is 2. The maximum atomic E-state index is 13.1. The number of hydrogen-bond donors (Lipinski definition) is 4. The number of ketones is 1. The van der Waals surface area contributed by atoms with Crippen LogP contribution in [0.4, 0.5) is 4.79 Å². The van der Waals surface area contributed by atoms with E-state index >= 15 is 0 Å². The van der Waals surface area contributed by atoms with Crippen LogP contribution in [-0.4, -0.2) is 50.1 Å². The maximum absolute atomic E-state index is 13.1. The van der Waals surface area contributed by atoms with Crippen molar-refractivity contribution in [1.82, 2.24) is 10.0 Å². The summed E-state index contributed by atoms with van der Waals surface area (Å²) < 4.78 is 38.8. The number of carbonyl (C=O) groups excluding carboxylic acids is 2. The molecule has 0 fully saturated rings. The van der Waals surface area contributed by atoms with Crippen LogP contribution in [0.2, 0.25) is 5.02 Å². The number of Topliss-reactive ketones (excluding diaryl/α,β-unsaturated/α-hetero) is 1. The predicted molar refractivity (Wildman–Crippen MR) is 160 cm³/mol. The van der Waals surface area contributed by atoms with Gasteiger partial charge in [0.1, 0.15) is 29.7 Å². The van der Waals surface area contributed by atoms with Gasteiger partial charge in [0.05, 0.1) is 28.1 Å². The van der Waals surface area contributed by atoms with Crippen LogP contribution in [0.25, 0.3) is 0 Å². The minimum Gasteiger partial charge on any atom is -0.456 e. The first-order chi connectivity index (χ1) is 20.4. The van der Waals surface area contributed by atoms with E-state index in [9.17, 15) is 28.4 Å². The smallest absolute Gasteiger partial charge is 0.408 e. The highest BCUT2D eigenvalue weighted by Gasteiger charge is 2.32. The molecule has 0 aliphatic rings. The number of aliphatic hydroxyl groups excluding tert-OH is 1. The second-order valence-electron chi connectivity index (χ2n) is 10.0. The highest BCUT2D eigenvalue weighted by molar-refractivity contribution is 7.89. The van der Waals surface area contributed by atoms with E-state index in [1.54, 1.807) is 42.5 Å². The molecule has 3 aromatic carbocycles. The van der Waals surface area contributed by atoms with Gasteiger partial charge in [0.15, 0.2) is 5.78 Å². The number of nitrogens with two attached hydrogens (primary N) is 1. The number of nitrogens with one attached hydrogen (secondary N) is 2. The molecule has 0 spiro atoms. The fraction of sp³-hybridized carbons (Fsp3) is 0.300. The van der Waals surface area contributed by atoms with Crippen molar-refractivity contribution in [1.29, 1.82) is 5.26 Å². The summed E-state index contributed by atoms with van der Waals surface area (Å²) in [7, 11) is -4.11. The van der Waals surface area contributed by atoms with Gasteiger partial charge in [-0.3, -0.25) is 4.79 Å². The molecule has 0 saturated carbocycles. The molecule has 43 heavy (non-hydrogen) atoms. The van der Waals surface area contributed by atoms with Gasteiger partial charge in [-0.1, -0.05) is 61.8 Å². The Kier molecular flexibility index (Phi) is 12.1. The first-order valence-corrected chi connectivity index (χ1v) is 15.2. The topological polar surface area (TPSA) is 181 Å². The van der Waals surface area contributed by atoms with E-state index in [0.29, 0.717) is 0 Å². The second-order valence-corrected chi connectivity index (χ2v) is 12.2. The Morgan fingerprint density at radius 3 is 2.35 bits per heavy atom. The number of amides is 1.